The van der Waals surface area contributed by atoms with Crippen molar-refractivity contribution in [1.29, 1.82) is 5.26 Å². The Morgan fingerprint density at radius 3 is 2.68 bits per heavy atom. The smallest absolute Gasteiger partial charge is 0.409 e. The molecule has 2 aliphatic rings. The van der Waals surface area contributed by atoms with Crippen LogP contribution in [0.25, 0.3) is 0 Å². The number of carbonyl (C=O) groups excluding carboxylic acids is 2. The summed E-state index contributed by atoms with van der Waals surface area (Å²) in [6, 6.07) is 7.38. The summed E-state index contributed by atoms with van der Waals surface area (Å²) < 4.78 is 20.0. The highest BCUT2D eigenvalue weighted by atomic mass is 19.1. The van der Waals surface area contributed by atoms with E-state index in [0.717, 1.165) is 12.8 Å². The number of amides is 2. The molecule has 9 nitrogen and oxygen atoms in total. The largest absolute Gasteiger partial charge is 0.449 e. The Balaban J connectivity index is 1.55. The van der Waals surface area contributed by atoms with E-state index < -0.39 is 24.0 Å². The van der Waals surface area contributed by atoms with Crippen LogP contribution < -0.4 is 11.1 Å². The molecule has 1 aromatic carbocycles. The van der Waals surface area contributed by atoms with E-state index in [-0.39, 0.29) is 23.7 Å². The van der Waals surface area contributed by atoms with Crippen LogP contribution in [0.2, 0.25) is 0 Å². The number of carbonyl (C=O) groups is 2. The molecule has 3 N–H and O–H groups in total. The average Bonchev–Trinajstić information content (AvgIpc) is 3.51. The monoisotopic (exact) mass is 426 g/mol. The number of rotatable bonds is 6. The van der Waals surface area contributed by atoms with Crippen LogP contribution in [0.1, 0.15) is 35.7 Å². The maximum Gasteiger partial charge on any atom is 0.409 e. The van der Waals surface area contributed by atoms with E-state index in [1.165, 1.54) is 35.1 Å². The summed E-state index contributed by atoms with van der Waals surface area (Å²) in [6.07, 6.45) is 3.70. The third kappa shape index (κ3) is 4.77. The van der Waals surface area contributed by atoms with Crippen molar-refractivity contribution in [3.05, 3.63) is 41.8 Å². The first kappa shape index (κ1) is 20.7. The predicted octanol–water partition coefficient (Wildman–Crippen LogP) is 2.80. The normalized spacial score (nSPS) is 20.7. The lowest BCUT2D eigenvalue weighted by Gasteiger charge is -2.35. The quantitative estimate of drug-likeness (QED) is 0.731. The van der Waals surface area contributed by atoms with Crippen LogP contribution in [-0.2, 0) is 4.74 Å². The molecule has 0 bridgehead atoms. The van der Waals surface area contributed by atoms with Gasteiger partial charge in [-0.2, -0.15) is 10.4 Å². The van der Waals surface area contributed by atoms with Gasteiger partial charge in [-0.25, -0.2) is 9.18 Å². The second kappa shape index (κ2) is 8.63. The molecule has 10 heteroatoms. The SMILES string of the molecule is N#CC1CCN(C(=O)OCC2CC2)CC1n1cc(C(N)=O)c(Nc2ccc(F)cc2)n1. The Morgan fingerprint density at radius 2 is 2.03 bits per heavy atom. The summed E-state index contributed by atoms with van der Waals surface area (Å²) in [4.78, 5) is 26.0. The minimum atomic E-state index is -0.694. The molecule has 0 radical (unpaired) electrons. The second-order valence-electron chi connectivity index (χ2n) is 7.93. The zero-order chi connectivity index (χ0) is 22.0. The van der Waals surface area contributed by atoms with Gasteiger partial charge in [0.2, 0.25) is 0 Å². The number of halogens is 1. The molecule has 1 aliphatic carbocycles. The molecular weight excluding hydrogens is 403 g/mol. The van der Waals surface area contributed by atoms with E-state index in [9.17, 15) is 19.2 Å². The third-order valence-corrected chi connectivity index (χ3v) is 5.59. The topological polar surface area (TPSA) is 126 Å². The first-order valence-corrected chi connectivity index (χ1v) is 10.2. The fraction of sp³-hybridized carbons (Fsp3) is 0.429. The van der Waals surface area contributed by atoms with Crippen LogP contribution >= 0.6 is 0 Å². The van der Waals surface area contributed by atoms with Crippen LogP contribution in [0.15, 0.2) is 30.5 Å². The Labute approximate surface area is 178 Å². The molecule has 2 atom stereocenters. The van der Waals surface area contributed by atoms with Gasteiger partial charge in [0.25, 0.3) is 5.91 Å². The highest BCUT2D eigenvalue weighted by Gasteiger charge is 2.35. The van der Waals surface area contributed by atoms with Crippen molar-refractivity contribution in [2.45, 2.75) is 25.3 Å². The van der Waals surface area contributed by atoms with E-state index in [0.29, 0.717) is 31.2 Å². The number of nitriles is 1. The van der Waals surface area contributed by atoms with Gasteiger partial charge in [0.15, 0.2) is 5.82 Å². The van der Waals surface area contributed by atoms with Crippen molar-refractivity contribution in [3.8, 4) is 6.07 Å². The molecular formula is C21H23FN6O3. The fourth-order valence-electron chi connectivity index (χ4n) is 3.59. The molecule has 2 aromatic rings. The van der Waals surface area contributed by atoms with E-state index in [1.807, 2.05) is 0 Å². The molecule has 2 heterocycles. The van der Waals surface area contributed by atoms with E-state index in [1.54, 1.807) is 4.90 Å². The number of anilines is 2. The maximum atomic E-state index is 13.2. The molecule has 2 amide bonds. The van der Waals surface area contributed by atoms with Gasteiger partial charge in [-0.15, -0.1) is 0 Å². The van der Waals surface area contributed by atoms with Crippen molar-refractivity contribution in [2.24, 2.45) is 17.6 Å². The van der Waals surface area contributed by atoms with Gasteiger partial charge in [-0.3, -0.25) is 9.48 Å². The standard InChI is InChI=1S/C21H23FN6O3/c22-15-3-5-16(6-4-15)25-20-17(19(24)29)10-28(26-20)18-11-27(8-7-14(18)9-23)21(30)31-12-13-1-2-13/h3-6,10,13-14,18H,1-2,7-8,11-12H2,(H2,24,29)(H,25,26). The van der Waals surface area contributed by atoms with Crippen LogP contribution in [0.3, 0.4) is 0 Å². The van der Waals surface area contributed by atoms with Crippen LogP contribution in [0, 0.1) is 29.0 Å². The molecule has 2 unspecified atom stereocenters. The minimum absolute atomic E-state index is 0.134. The van der Waals surface area contributed by atoms with Gasteiger partial charge in [0, 0.05) is 25.0 Å². The van der Waals surface area contributed by atoms with Gasteiger partial charge in [-0.05, 0) is 49.4 Å². The maximum absolute atomic E-state index is 13.2. The lowest BCUT2D eigenvalue weighted by Crippen LogP contribution is -2.44. The molecule has 1 saturated carbocycles. The van der Waals surface area contributed by atoms with Gasteiger partial charge in [0.05, 0.1) is 24.6 Å². The number of hydrogen-bond donors (Lipinski definition) is 2. The van der Waals surface area contributed by atoms with Crippen molar-refractivity contribution in [3.63, 3.8) is 0 Å². The summed E-state index contributed by atoms with van der Waals surface area (Å²) in [5, 5.41) is 17.0. The zero-order valence-electron chi connectivity index (χ0n) is 16.8. The zero-order valence-corrected chi connectivity index (χ0v) is 16.8. The van der Waals surface area contributed by atoms with Gasteiger partial charge >= 0.3 is 6.09 Å². The number of nitrogens with two attached hydrogens (primary N) is 1. The van der Waals surface area contributed by atoms with Gasteiger partial charge in [-0.1, -0.05) is 0 Å². The van der Waals surface area contributed by atoms with Crippen molar-refractivity contribution >= 4 is 23.5 Å². The van der Waals surface area contributed by atoms with E-state index in [2.05, 4.69) is 16.5 Å². The van der Waals surface area contributed by atoms with Gasteiger partial charge < -0.3 is 20.7 Å². The lowest BCUT2D eigenvalue weighted by atomic mass is 9.93. The Bertz CT molecular complexity index is 1010. The number of primary amides is 1. The Kier molecular flexibility index (Phi) is 5.75. The summed E-state index contributed by atoms with van der Waals surface area (Å²) >= 11 is 0. The van der Waals surface area contributed by atoms with Crippen molar-refractivity contribution in [2.75, 3.05) is 25.0 Å². The lowest BCUT2D eigenvalue weighted by molar-refractivity contribution is 0.0732. The summed E-state index contributed by atoms with van der Waals surface area (Å²) in [7, 11) is 0. The third-order valence-electron chi connectivity index (χ3n) is 5.59. The van der Waals surface area contributed by atoms with Crippen molar-refractivity contribution < 1.29 is 18.7 Å². The minimum Gasteiger partial charge on any atom is -0.449 e. The van der Waals surface area contributed by atoms with Gasteiger partial charge in [0.1, 0.15) is 11.4 Å². The Hall–Kier alpha value is -3.61. The molecule has 2 fully saturated rings. The van der Waals surface area contributed by atoms with Crippen LogP contribution in [0.5, 0.6) is 0 Å². The first-order valence-electron chi connectivity index (χ1n) is 10.2. The second-order valence-corrected chi connectivity index (χ2v) is 7.93. The average molecular weight is 426 g/mol. The summed E-state index contributed by atoms with van der Waals surface area (Å²) in [6.45, 7) is 1.07. The highest BCUT2D eigenvalue weighted by molar-refractivity contribution is 5.98. The predicted molar refractivity (Wildman–Crippen MR) is 109 cm³/mol. The summed E-state index contributed by atoms with van der Waals surface area (Å²) in [5.74, 6) is -0.823. The molecule has 1 aromatic heterocycles. The van der Waals surface area contributed by atoms with E-state index >= 15 is 0 Å². The number of ether oxygens (including phenoxy) is 1. The number of likely N-dealkylation sites (tertiary alicyclic amines) is 1. The van der Waals surface area contributed by atoms with E-state index in [4.69, 9.17) is 10.5 Å². The molecule has 0 spiro atoms. The molecule has 1 aliphatic heterocycles. The molecule has 4 rings (SSSR count). The first-order chi connectivity index (χ1) is 14.9. The molecule has 31 heavy (non-hydrogen) atoms. The Morgan fingerprint density at radius 1 is 1.29 bits per heavy atom. The summed E-state index contributed by atoms with van der Waals surface area (Å²) in [5.41, 5.74) is 6.17. The highest BCUT2D eigenvalue weighted by Crippen LogP contribution is 2.31. The van der Waals surface area contributed by atoms with Crippen LogP contribution in [0.4, 0.5) is 20.7 Å². The number of hydrogen-bond acceptors (Lipinski definition) is 6. The van der Waals surface area contributed by atoms with Crippen LogP contribution in [-0.4, -0.2) is 46.4 Å². The molecule has 1 saturated heterocycles. The number of aromatic nitrogens is 2. The number of nitrogens with zero attached hydrogens (tertiary/aromatic N) is 4. The fourth-order valence-corrected chi connectivity index (χ4v) is 3.59. The number of benzene rings is 1. The number of nitrogens with one attached hydrogen (secondary N) is 1. The number of piperidine rings is 1. The van der Waals surface area contributed by atoms with Crippen molar-refractivity contribution in [1.82, 2.24) is 14.7 Å². The molecule has 162 valence electrons.